The van der Waals surface area contributed by atoms with E-state index in [1.165, 1.54) is 49.6 Å². The third-order valence-corrected chi connectivity index (χ3v) is 6.89. The van der Waals surface area contributed by atoms with E-state index in [4.69, 9.17) is 4.74 Å². The molecular formula is C22H17BrFN3O4S. The predicted octanol–water partition coefficient (Wildman–Crippen LogP) is 5.23. The topological polar surface area (TPSA) is 90.3 Å². The number of amides is 1. The average Bonchev–Trinajstić information content (AvgIpc) is 3.08. The molecule has 1 N–H and O–H groups in total. The SMILES string of the molecule is CC(=O)Nc1ccc(Oc2ccnc3c2c(Br)cn3S(=O)(=O)c2ccc(C)cc2)c(F)c1. The van der Waals surface area contributed by atoms with Crippen molar-refractivity contribution >= 4 is 48.6 Å². The summed E-state index contributed by atoms with van der Waals surface area (Å²) in [4.78, 5) is 15.5. The fourth-order valence-corrected chi connectivity index (χ4v) is 5.16. The molecule has 0 saturated carbocycles. The lowest BCUT2D eigenvalue weighted by molar-refractivity contribution is -0.114. The summed E-state index contributed by atoms with van der Waals surface area (Å²) in [5.41, 5.74) is 1.35. The molecule has 7 nitrogen and oxygen atoms in total. The minimum Gasteiger partial charge on any atom is -0.453 e. The molecule has 0 bridgehead atoms. The highest BCUT2D eigenvalue weighted by Crippen LogP contribution is 2.37. The number of aryl methyl sites for hydroxylation is 1. The number of aromatic nitrogens is 2. The van der Waals surface area contributed by atoms with Crippen LogP contribution in [0.15, 0.2) is 70.3 Å². The van der Waals surface area contributed by atoms with E-state index in [-0.39, 0.29) is 27.9 Å². The molecule has 0 fully saturated rings. The van der Waals surface area contributed by atoms with Gasteiger partial charge in [-0.2, -0.15) is 0 Å². The third kappa shape index (κ3) is 4.11. The average molecular weight is 518 g/mol. The zero-order chi connectivity index (χ0) is 23.0. The molecular weight excluding hydrogens is 501 g/mol. The van der Waals surface area contributed by atoms with E-state index < -0.39 is 15.8 Å². The van der Waals surface area contributed by atoms with E-state index in [9.17, 15) is 17.6 Å². The summed E-state index contributed by atoms with van der Waals surface area (Å²) in [6, 6.07) is 12.0. The Morgan fingerprint density at radius 2 is 1.84 bits per heavy atom. The van der Waals surface area contributed by atoms with Gasteiger partial charge in [0, 0.05) is 35.5 Å². The van der Waals surface area contributed by atoms with Crippen molar-refractivity contribution in [3.05, 3.63) is 76.8 Å². The molecule has 2 aromatic heterocycles. The molecule has 0 radical (unpaired) electrons. The van der Waals surface area contributed by atoms with Crippen molar-refractivity contribution in [2.45, 2.75) is 18.7 Å². The number of carbonyl (C=O) groups is 1. The Bertz CT molecular complexity index is 1450. The first-order valence-corrected chi connectivity index (χ1v) is 11.6. The Balaban J connectivity index is 1.77. The lowest BCUT2D eigenvalue weighted by atomic mass is 10.2. The summed E-state index contributed by atoms with van der Waals surface area (Å²) in [5, 5.41) is 2.86. The molecule has 0 spiro atoms. The van der Waals surface area contributed by atoms with Crippen molar-refractivity contribution in [3.8, 4) is 11.5 Å². The molecule has 4 aromatic rings. The number of nitrogens with zero attached hydrogens (tertiary/aromatic N) is 2. The molecule has 10 heteroatoms. The first-order valence-electron chi connectivity index (χ1n) is 9.39. The van der Waals surface area contributed by atoms with Crippen molar-refractivity contribution in [2.75, 3.05) is 5.32 Å². The zero-order valence-electron chi connectivity index (χ0n) is 17.0. The van der Waals surface area contributed by atoms with Crippen LogP contribution in [0.5, 0.6) is 11.5 Å². The molecule has 0 atom stereocenters. The molecule has 164 valence electrons. The Labute approximate surface area is 192 Å². The third-order valence-electron chi connectivity index (χ3n) is 4.62. The van der Waals surface area contributed by atoms with Gasteiger partial charge >= 0.3 is 0 Å². The van der Waals surface area contributed by atoms with Crippen molar-refractivity contribution in [3.63, 3.8) is 0 Å². The number of rotatable bonds is 5. The number of hydrogen-bond donors (Lipinski definition) is 1. The standard InChI is InChI=1S/C22H17BrFN3O4S/c1-13-3-6-16(7-4-13)32(29,30)27-12-17(23)21-20(9-10-25-22(21)27)31-19-8-5-15(11-18(19)24)26-14(2)28/h3-12H,1-2H3,(H,26,28). The summed E-state index contributed by atoms with van der Waals surface area (Å²) >= 11 is 3.37. The van der Waals surface area contributed by atoms with Crippen molar-refractivity contribution in [2.24, 2.45) is 0 Å². The predicted molar refractivity (Wildman–Crippen MR) is 122 cm³/mol. The van der Waals surface area contributed by atoms with Crippen molar-refractivity contribution in [1.29, 1.82) is 0 Å². The normalized spacial score (nSPS) is 11.5. The number of halogens is 2. The van der Waals surface area contributed by atoms with Crippen molar-refractivity contribution in [1.82, 2.24) is 8.96 Å². The monoisotopic (exact) mass is 517 g/mol. The second kappa shape index (κ2) is 8.36. The van der Waals surface area contributed by atoms with E-state index in [0.29, 0.717) is 15.5 Å². The Hall–Kier alpha value is -3.24. The van der Waals surface area contributed by atoms with Crippen LogP contribution < -0.4 is 10.1 Å². The van der Waals surface area contributed by atoms with E-state index >= 15 is 0 Å². The van der Waals surface area contributed by atoms with Gasteiger partial charge in [-0.3, -0.25) is 4.79 Å². The van der Waals surface area contributed by atoms with E-state index in [1.54, 1.807) is 12.1 Å². The van der Waals surface area contributed by atoms with Crippen LogP contribution in [0.25, 0.3) is 11.0 Å². The van der Waals surface area contributed by atoms with Crippen LogP contribution in [0.1, 0.15) is 12.5 Å². The van der Waals surface area contributed by atoms with Crippen LogP contribution in [-0.2, 0) is 14.8 Å². The van der Waals surface area contributed by atoms with Gasteiger partial charge in [-0.1, -0.05) is 17.7 Å². The molecule has 2 aromatic carbocycles. The van der Waals surface area contributed by atoms with Gasteiger partial charge in [0.2, 0.25) is 5.91 Å². The van der Waals surface area contributed by atoms with E-state index in [2.05, 4.69) is 26.2 Å². The van der Waals surface area contributed by atoms with Crippen LogP contribution in [-0.4, -0.2) is 23.3 Å². The zero-order valence-corrected chi connectivity index (χ0v) is 19.4. The molecule has 2 heterocycles. The molecule has 0 unspecified atom stereocenters. The first kappa shape index (κ1) is 22.0. The summed E-state index contributed by atoms with van der Waals surface area (Å²) in [7, 11) is -3.92. The number of benzene rings is 2. The number of hydrogen-bond acceptors (Lipinski definition) is 5. The highest BCUT2D eigenvalue weighted by Gasteiger charge is 2.24. The van der Waals surface area contributed by atoms with E-state index in [0.717, 1.165) is 15.6 Å². The lowest BCUT2D eigenvalue weighted by Gasteiger charge is -2.11. The molecule has 32 heavy (non-hydrogen) atoms. The van der Waals surface area contributed by atoms with Gasteiger partial charge in [-0.15, -0.1) is 0 Å². The van der Waals surface area contributed by atoms with Crippen LogP contribution in [0.3, 0.4) is 0 Å². The highest BCUT2D eigenvalue weighted by molar-refractivity contribution is 9.10. The Morgan fingerprint density at radius 1 is 1.12 bits per heavy atom. The first-order chi connectivity index (χ1) is 15.2. The summed E-state index contributed by atoms with van der Waals surface area (Å²) < 4.78 is 48.1. The van der Waals surface area contributed by atoms with Crippen LogP contribution in [0.4, 0.5) is 10.1 Å². The van der Waals surface area contributed by atoms with Gasteiger partial charge in [-0.05, 0) is 53.2 Å². The quantitative estimate of drug-likeness (QED) is 0.391. The van der Waals surface area contributed by atoms with Gasteiger partial charge in [-0.25, -0.2) is 21.8 Å². The maximum atomic E-state index is 14.5. The fraction of sp³-hybridized carbons (Fsp3) is 0.0909. The summed E-state index contributed by atoms with van der Waals surface area (Å²) in [5.74, 6) is -0.892. The lowest BCUT2D eigenvalue weighted by Crippen LogP contribution is -2.12. The van der Waals surface area contributed by atoms with Gasteiger partial charge < -0.3 is 10.1 Å². The van der Waals surface area contributed by atoms with Crippen LogP contribution in [0.2, 0.25) is 0 Å². The van der Waals surface area contributed by atoms with Gasteiger partial charge in [0.15, 0.2) is 17.2 Å². The van der Waals surface area contributed by atoms with Gasteiger partial charge in [0.1, 0.15) is 5.75 Å². The van der Waals surface area contributed by atoms with Crippen LogP contribution >= 0.6 is 15.9 Å². The maximum Gasteiger partial charge on any atom is 0.269 e. The molecule has 0 aliphatic carbocycles. The van der Waals surface area contributed by atoms with Crippen LogP contribution in [0, 0.1) is 12.7 Å². The minimum absolute atomic E-state index is 0.0901. The highest BCUT2D eigenvalue weighted by atomic mass is 79.9. The number of carbonyl (C=O) groups excluding carboxylic acids is 1. The molecule has 0 aliphatic heterocycles. The number of ether oxygens (including phenoxy) is 1. The van der Waals surface area contributed by atoms with Gasteiger partial charge in [0.25, 0.3) is 10.0 Å². The Kier molecular flexibility index (Phi) is 5.74. The van der Waals surface area contributed by atoms with E-state index in [1.807, 2.05) is 6.92 Å². The minimum atomic E-state index is -3.92. The number of pyridine rings is 1. The second-order valence-corrected chi connectivity index (χ2v) is 9.70. The Morgan fingerprint density at radius 3 is 2.50 bits per heavy atom. The molecule has 0 saturated heterocycles. The largest absolute Gasteiger partial charge is 0.453 e. The number of anilines is 1. The number of nitrogens with one attached hydrogen (secondary N) is 1. The van der Waals surface area contributed by atoms with Gasteiger partial charge in [0.05, 0.1) is 10.3 Å². The molecule has 1 amide bonds. The van der Waals surface area contributed by atoms with Crippen molar-refractivity contribution < 1.29 is 22.3 Å². The molecule has 0 aliphatic rings. The maximum absolute atomic E-state index is 14.5. The summed E-state index contributed by atoms with van der Waals surface area (Å²) in [6.07, 6.45) is 2.77. The smallest absolute Gasteiger partial charge is 0.269 e. The second-order valence-electron chi connectivity index (χ2n) is 7.03. The molecule has 4 rings (SSSR count). The fourth-order valence-electron chi connectivity index (χ4n) is 3.13. The number of fused-ring (bicyclic) bond motifs is 1. The summed E-state index contributed by atoms with van der Waals surface area (Å²) in [6.45, 7) is 3.19.